The van der Waals surface area contributed by atoms with E-state index in [2.05, 4.69) is 16.5 Å². The number of aromatic nitrogens is 2. The first-order valence-corrected chi connectivity index (χ1v) is 6.00. The summed E-state index contributed by atoms with van der Waals surface area (Å²) >= 11 is 4.92. The lowest BCUT2D eigenvalue weighted by atomic mass is 10.1. The van der Waals surface area contributed by atoms with Crippen molar-refractivity contribution in [2.24, 2.45) is 5.73 Å². The molecule has 0 saturated carbocycles. The van der Waals surface area contributed by atoms with Crippen molar-refractivity contribution in [1.29, 1.82) is 0 Å². The third-order valence-electron chi connectivity index (χ3n) is 2.71. The van der Waals surface area contributed by atoms with E-state index in [9.17, 15) is 0 Å². The molecule has 2 aromatic rings. The fourth-order valence-electron chi connectivity index (χ4n) is 1.77. The van der Waals surface area contributed by atoms with Gasteiger partial charge in [-0.1, -0.05) is 43.4 Å². The van der Waals surface area contributed by atoms with E-state index in [-0.39, 0.29) is 0 Å². The van der Waals surface area contributed by atoms with Crippen molar-refractivity contribution >= 4 is 17.2 Å². The molecule has 0 spiro atoms. The monoisotopic (exact) mass is 245 g/mol. The van der Waals surface area contributed by atoms with Gasteiger partial charge in [-0.3, -0.25) is 0 Å². The van der Waals surface area contributed by atoms with Crippen molar-refractivity contribution in [2.75, 3.05) is 0 Å². The Morgan fingerprint density at radius 2 is 2.06 bits per heavy atom. The van der Waals surface area contributed by atoms with Crippen molar-refractivity contribution in [3.63, 3.8) is 0 Å². The van der Waals surface area contributed by atoms with E-state index < -0.39 is 0 Å². The molecule has 0 unspecified atom stereocenters. The van der Waals surface area contributed by atoms with Gasteiger partial charge in [0.15, 0.2) is 0 Å². The Kier molecular flexibility index (Phi) is 3.54. The van der Waals surface area contributed by atoms with E-state index in [1.807, 2.05) is 36.7 Å². The van der Waals surface area contributed by atoms with E-state index in [0.29, 0.717) is 4.99 Å². The second-order valence-corrected chi connectivity index (χ2v) is 4.33. The lowest BCUT2D eigenvalue weighted by Crippen LogP contribution is -2.09. The summed E-state index contributed by atoms with van der Waals surface area (Å²) in [6.45, 7) is 2.94. The first kappa shape index (κ1) is 11.8. The zero-order valence-corrected chi connectivity index (χ0v) is 10.6. The molecule has 88 valence electrons. The molecule has 0 atom stereocenters. The molecule has 0 aliphatic carbocycles. The number of rotatable bonds is 4. The third kappa shape index (κ3) is 2.71. The van der Waals surface area contributed by atoms with Gasteiger partial charge >= 0.3 is 0 Å². The van der Waals surface area contributed by atoms with Gasteiger partial charge in [0.25, 0.3) is 0 Å². The number of hydrogen-bond donors (Lipinski definition) is 1. The van der Waals surface area contributed by atoms with Crippen molar-refractivity contribution < 1.29 is 0 Å². The molecule has 0 aliphatic rings. The van der Waals surface area contributed by atoms with Crippen LogP contribution in [0.1, 0.15) is 23.9 Å². The lowest BCUT2D eigenvalue weighted by molar-refractivity contribution is 0.732. The largest absolute Gasteiger partial charge is 0.389 e. The average Bonchev–Trinajstić information content (AvgIpc) is 2.77. The van der Waals surface area contributed by atoms with E-state index >= 15 is 0 Å². The first-order valence-electron chi connectivity index (χ1n) is 5.59. The number of nitrogens with zero attached hydrogens (tertiary/aromatic N) is 2. The quantitative estimate of drug-likeness (QED) is 0.839. The minimum absolute atomic E-state index is 0.438. The van der Waals surface area contributed by atoms with E-state index in [1.165, 1.54) is 5.56 Å². The van der Waals surface area contributed by atoms with E-state index in [1.54, 1.807) is 0 Å². The Balaban J connectivity index is 2.16. The average molecular weight is 245 g/mol. The highest BCUT2D eigenvalue weighted by Crippen LogP contribution is 2.08. The van der Waals surface area contributed by atoms with Crippen LogP contribution >= 0.6 is 12.2 Å². The molecule has 1 heterocycles. The van der Waals surface area contributed by atoms with Gasteiger partial charge in [0.1, 0.15) is 10.8 Å². The number of aryl methyl sites for hydroxylation is 1. The van der Waals surface area contributed by atoms with Crippen LogP contribution in [0.25, 0.3) is 0 Å². The molecule has 0 bridgehead atoms. The Labute approximate surface area is 106 Å². The van der Waals surface area contributed by atoms with Gasteiger partial charge in [-0.25, -0.2) is 4.98 Å². The van der Waals surface area contributed by atoms with Crippen LogP contribution < -0.4 is 5.73 Å². The van der Waals surface area contributed by atoms with Crippen molar-refractivity contribution in [3.8, 4) is 0 Å². The van der Waals surface area contributed by atoms with Crippen molar-refractivity contribution in [1.82, 2.24) is 9.55 Å². The molecule has 1 aromatic carbocycles. The normalized spacial score (nSPS) is 10.4. The molecular formula is C13H15N3S. The first-order chi connectivity index (χ1) is 8.20. The van der Waals surface area contributed by atoms with Crippen LogP contribution in [0.5, 0.6) is 0 Å². The zero-order chi connectivity index (χ0) is 12.3. The Morgan fingerprint density at radius 3 is 2.65 bits per heavy atom. The highest BCUT2D eigenvalue weighted by Gasteiger charge is 2.02. The maximum absolute atomic E-state index is 5.56. The summed E-state index contributed by atoms with van der Waals surface area (Å²) in [5, 5.41) is 0. The van der Waals surface area contributed by atoms with Crippen LogP contribution in [0.3, 0.4) is 0 Å². The Hall–Kier alpha value is -1.68. The van der Waals surface area contributed by atoms with Crippen molar-refractivity contribution in [3.05, 3.63) is 53.6 Å². The third-order valence-corrected chi connectivity index (χ3v) is 2.95. The van der Waals surface area contributed by atoms with E-state index in [4.69, 9.17) is 18.0 Å². The van der Waals surface area contributed by atoms with E-state index in [0.717, 1.165) is 24.4 Å². The van der Waals surface area contributed by atoms with Gasteiger partial charge in [0, 0.05) is 30.9 Å². The minimum atomic E-state index is 0.438. The van der Waals surface area contributed by atoms with Gasteiger partial charge in [0.2, 0.25) is 0 Å². The van der Waals surface area contributed by atoms with Crippen LogP contribution in [-0.4, -0.2) is 14.5 Å². The summed E-state index contributed by atoms with van der Waals surface area (Å²) in [4.78, 5) is 4.74. The molecule has 2 rings (SSSR count). The molecule has 0 amide bonds. The maximum atomic E-state index is 5.56. The summed E-state index contributed by atoms with van der Waals surface area (Å²) in [7, 11) is 0. The number of thiocarbonyl (C=S) groups is 1. The summed E-state index contributed by atoms with van der Waals surface area (Å²) in [6.07, 6.45) is 4.78. The lowest BCUT2D eigenvalue weighted by Gasteiger charge is -2.07. The fraction of sp³-hybridized carbons (Fsp3) is 0.231. The minimum Gasteiger partial charge on any atom is -0.389 e. The highest BCUT2D eigenvalue weighted by atomic mass is 32.1. The number of hydrogen-bond acceptors (Lipinski definition) is 2. The van der Waals surface area contributed by atoms with Gasteiger partial charge in [-0.15, -0.1) is 0 Å². The molecule has 0 radical (unpaired) electrons. The van der Waals surface area contributed by atoms with Crippen LogP contribution in [0.2, 0.25) is 0 Å². The SMILES string of the molecule is CCc1nccn1Cc1ccc(C(N)=S)cc1. The zero-order valence-electron chi connectivity index (χ0n) is 9.76. The number of benzene rings is 1. The summed E-state index contributed by atoms with van der Waals surface area (Å²) < 4.78 is 2.15. The summed E-state index contributed by atoms with van der Waals surface area (Å²) in [6, 6.07) is 8.02. The second-order valence-electron chi connectivity index (χ2n) is 3.89. The number of nitrogens with two attached hydrogens (primary N) is 1. The van der Waals surface area contributed by atoms with Gasteiger partial charge in [0.05, 0.1) is 0 Å². The molecule has 4 heteroatoms. The smallest absolute Gasteiger partial charge is 0.108 e. The Morgan fingerprint density at radius 1 is 1.35 bits per heavy atom. The molecule has 17 heavy (non-hydrogen) atoms. The van der Waals surface area contributed by atoms with Crippen LogP contribution in [0.15, 0.2) is 36.7 Å². The molecule has 0 saturated heterocycles. The molecule has 0 aliphatic heterocycles. The molecular weight excluding hydrogens is 230 g/mol. The van der Waals surface area contributed by atoms with Gasteiger partial charge < -0.3 is 10.3 Å². The predicted molar refractivity (Wildman–Crippen MR) is 73.0 cm³/mol. The van der Waals surface area contributed by atoms with Crippen LogP contribution in [0, 0.1) is 0 Å². The molecule has 2 N–H and O–H groups in total. The fourth-order valence-corrected chi connectivity index (χ4v) is 1.91. The number of imidazole rings is 1. The van der Waals surface area contributed by atoms with Crippen molar-refractivity contribution in [2.45, 2.75) is 19.9 Å². The topological polar surface area (TPSA) is 43.8 Å². The standard InChI is InChI=1S/C13H15N3S/c1-2-12-15-7-8-16(12)9-10-3-5-11(6-4-10)13(14)17/h3-8H,2,9H2,1H3,(H2,14,17). The summed E-state index contributed by atoms with van der Waals surface area (Å²) in [5.74, 6) is 1.10. The van der Waals surface area contributed by atoms with Crippen LogP contribution in [-0.2, 0) is 13.0 Å². The van der Waals surface area contributed by atoms with Gasteiger partial charge in [-0.2, -0.15) is 0 Å². The van der Waals surface area contributed by atoms with Gasteiger partial charge in [-0.05, 0) is 5.56 Å². The van der Waals surface area contributed by atoms with Crippen LogP contribution in [0.4, 0.5) is 0 Å². The molecule has 0 fully saturated rings. The Bertz CT molecular complexity index is 514. The maximum Gasteiger partial charge on any atom is 0.108 e. The molecule has 1 aromatic heterocycles. The molecule has 3 nitrogen and oxygen atoms in total. The highest BCUT2D eigenvalue weighted by molar-refractivity contribution is 7.80. The predicted octanol–water partition coefficient (Wildman–Crippen LogP) is 2.13. The summed E-state index contributed by atoms with van der Waals surface area (Å²) in [5.41, 5.74) is 7.69. The second kappa shape index (κ2) is 5.10.